The van der Waals surface area contributed by atoms with Crippen LogP contribution in [0, 0.1) is 0 Å². The summed E-state index contributed by atoms with van der Waals surface area (Å²) in [4.78, 5) is 2.44. The van der Waals surface area contributed by atoms with Gasteiger partial charge >= 0.3 is 0 Å². The van der Waals surface area contributed by atoms with Gasteiger partial charge in [0.15, 0.2) is 0 Å². The van der Waals surface area contributed by atoms with Gasteiger partial charge < -0.3 is 15.3 Å². The zero-order valence-corrected chi connectivity index (χ0v) is 13.9. The summed E-state index contributed by atoms with van der Waals surface area (Å²) in [5.41, 5.74) is 0.434. The quantitative estimate of drug-likeness (QED) is 0.848. The number of aliphatic hydroxyl groups is 1. The second-order valence-electron chi connectivity index (χ2n) is 6.27. The van der Waals surface area contributed by atoms with Gasteiger partial charge in [0, 0.05) is 43.7 Å². The first kappa shape index (κ1) is 16.8. The van der Waals surface area contributed by atoms with Gasteiger partial charge in [-0.25, -0.2) is 0 Å². The van der Waals surface area contributed by atoms with E-state index in [1.54, 1.807) is 0 Å². The number of benzene rings is 1. The maximum Gasteiger partial charge on any atom is 0.0700 e. The van der Waals surface area contributed by atoms with Gasteiger partial charge in [0.25, 0.3) is 0 Å². The van der Waals surface area contributed by atoms with Crippen molar-refractivity contribution in [3.8, 4) is 0 Å². The summed E-state index contributed by atoms with van der Waals surface area (Å²) in [6, 6.07) is 7.95. The number of halogens is 1. The predicted octanol–water partition coefficient (Wildman–Crippen LogP) is 2.88. The van der Waals surface area contributed by atoms with E-state index in [2.05, 4.69) is 23.2 Å². The van der Waals surface area contributed by atoms with Gasteiger partial charge in [-0.05, 0) is 31.0 Å². The number of nitrogens with zero attached hydrogens (tertiary/aromatic N) is 1. The molecule has 0 radical (unpaired) electrons. The van der Waals surface area contributed by atoms with Crippen LogP contribution in [0.2, 0.25) is 5.02 Å². The molecule has 1 saturated heterocycles. The standard InChI is InChI=1S/C17H27ClN2O/c1-3-7-17(2,21)16(13-20-10-8-19-9-11-20)14-5-4-6-15(18)12-14/h4-6,12,16,19,21H,3,7-11,13H2,1-2H3. The van der Waals surface area contributed by atoms with Gasteiger partial charge in [0.05, 0.1) is 5.60 Å². The van der Waals surface area contributed by atoms with Crippen LogP contribution < -0.4 is 5.32 Å². The van der Waals surface area contributed by atoms with Gasteiger partial charge in [0.1, 0.15) is 0 Å². The van der Waals surface area contributed by atoms with E-state index >= 15 is 0 Å². The Morgan fingerprint density at radius 3 is 2.71 bits per heavy atom. The van der Waals surface area contributed by atoms with E-state index < -0.39 is 5.60 Å². The first-order valence-corrected chi connectivity index (χ1v) is 8.31. The molecule has 1 aliphatic rings. The van der Waals surface area contributed by atoms with Crippen molar-refractivity contribution in [3.05, 3.63) is 34.9 Å². The van der Waals surface area contributed by atoms with E-state index in [9.17, 15) is 5.11 Å². The minimum atomic E-state index is -0.704. The number of hydrogen-bond acceptors (Lipinski definition) is 3. The highest BCUT2D eigenvalue weighted by atomic mass is 35.5. The Kier molecular flexibility index (Phi) is 6.06. The van der Waals surface area contributed by atoms with Crippen LogP contribution in [0.5, 0.6) is 0 Å². The molecule has 4 heteroatoms. The molecule has 1 fully saturated rings. The normalized spacial score (nSPS) is 21.0. The Labute approximate surface area is 133 Å². The summed E-state index contributed by atoms with van der Waals surface area (Å²) < 4.78 is 0. The Hall–Kier alpha value is -0.610. The van der Waals surface area contributed by atoms with Gasteiger partial charge in [-0.3, -0.25) is 0 Å². The van der Waals surface area contributed by atoms with Crippen LogP contribution in [-0.2, 0) is 0 Å². The molecule has 1 heterocycles. The molecule has 0 spiro atoms. The SMILES string of the molecule is CCCC(C)(O)C(CN1CCNCC1)c1cccc(Cl)c1. The molecule has 2 unspecified atom stereocenters. The average molecular weight is 311 g/mol. The maximum atomic E-state index is 11.0. The van der Waals surface area contributed by atoms with Crippen molar-refractivity contribution in [3.63, 3.8) is 0 Å². The smallest absolute Gasteiger partial charge is 0.0700 e. The van der Waals surface area contributed by atoms with Gasteiger partial charge in [0.2, 0.25) is 0 Å². The fraction of sp³-hybridized carbons (Fsp3) is 0.647. The van der Waals surface area contributed by atoms with Crippen LogP contribution in [0.1, 0.15) is 38.2 Å². The van der Waals surface area contributed by atoms with Gasteiger partial charge in [-0.1, -0.05) is 37.1 Å². The number of hydrogen-bond donors (Lipinski definition) is 2. The van der Waals surface area contributed by atoms with E-state index in [4.69, 9.17) is 11.6 Å². The van der Waals surface area contributed by atoms with Gasteiger partial charge in [-0.15, -0.1) is 0 Å². The Bertz CT molecular complexity index is 444. The first-order chi connectivity index (χ1) is 10.0. The Morgan fingerprint density at radius 1 is 1.38 bits per heavy atom. The summed E-state index contributed by atoms with van der Waals surface area (Å²) >= 11 is 6.15. The lowest BCUT2D eigenvalue weighted by Crippen LogP contribution is -2.48. The minimum Gasteiger partial charge on any atom is -0.389 e. The predicted molar refractivity (Wildman–Crippen MR) is 89.0 cm³/mol. The molecule has 0 aromatic heterocycles. The molecule has 2 atom stereocenters. The van der Waals surface area contributed by atoms with Crippen molar-refractivity contribution < 1.29 is 5.11 Å². The molecule has 1 aliphatic heterocycles. The van der Waals surface area contributed by atoms with Crippen LogP contribution in [0.4, 0.5) is 0 Å². The number of nitrogens with one attached hydrogen (secondary N) is 1. The van der Waals surface area contributed by atoms with E-state index in [-0.39, 0.29) is 5.92 Å². The van der Waals surface area contributed by atoms with E-state index in [0.29, 0.717) is 0 Å². The second kappa shape index (κ2) is 7.59. The van der Waals surface area contributed by atoms with Crippen LogP contribution in [0.15, 0.2) is 24.3 Å². The van der Waals surface area contributed by atoms with Crippen LogP contribution in [-0.4, -0.2) is 48.3 Å². The van der Waals surface area contributed by atoms with E-state index in [0.717, 1.165) is 56.2 Å². The zero-order chi connectivity index (χ0) is 15.3. The molecule has 21 heavy (non-hydrogen) atoms. The van der Waals surface area contributed by atoms with Crippen molar-refractivity contribution >= 4 is 11.6 Å². The molecule has 3 nitrogen and oxygen atoms in total. The summed E-state index contributed by atoms with van der Waals surface area (Å²) in [5, 5.41) is 15.1. The molecule has 0 bridgehead atoms. The molecule has 0 saturated carbocycles. The maximum absolute atomic E-state index is 11.0. The molecule has 1 aromatic rings. The average Bonchev–Trinajstić information content (AvgIpc) is 2.45. The fourth-order valence-electron chi connectivity index (χ4n) is 3.22. The highest BCUT2D eigenvalue weighted by Gasteiger charge is 2.34. The number of piperazine rings is 1. The lowest BCUT2D eigenvalue weighted by atomic mass is 9.80. The zero-order valence-electron chi connectivity index (χ0n) is 13.1. The summed E-state index contributed by atoms with van der Waals surface area (Å²) in [6.45, 7) is 9.10. The van der Waals surface area contributed by atoms with E-state index in [1.165, 1.54) is 0 Å². The fourth-order valence-corrected chi connectivity index (χ4v) is 3.42. The lowest BCUT2D eigenvalue weighted by Gasteiger charge is -2.38. The molecule has 118 valence electrons. The third-order valence-corrected chi connectivity index (χ3v) is 4.64. The first-order valence-electron chi connectivity index (χ1n) is 7.94. The molecular weight excluding hydrogens is 284 g/mol. The largest absolute Gasteiger partial charge is 0.389 e. The third kappa shape index (κ3) is 4.68. The van der Waals surface area contributed by atoms with Crippen molar-refractivity contribution in [2.75, 3.05) is 32.7 Å². The van der Waals surface area contributed by atoms with Gasteiger partial charge in [-0.2, -0.15) is 0 Å². The van der Waals surface area contributed by atoms with Crippen molar-refractivity contribution in [2.24, 2.45) is 0 Å². The van der Waals surface area contributed by atoms with Crippen molar-refractivity contribution in [1.82, 2.24) is 10.2 Å². The molecule has 1 aromatic carbocycles. The Morgan fingerprint density at radius 2 is 2.10 bits per heavy atom. The summed E-state index contributed by atoms with van der Waals surface area (Å²) in [5.74, 6) is 0.0919. The molecule has 2 rings (SSSR count). The van der Waals surface area contributed by atoms with E-state index in [1.807, 2.05) is 25.1 Å². The van der Waals surface area contributed by atoms with Crippen LogP contribution in [0.3, 0.4) is 0 Å². The molecule has 0 amide bonds. The topological polar surface area (TPSA) is 35.5 Å². The highest BCUT2D eigenvalue weighted by molar-refractivity contribution is 6.30. The second-order valence-corrected chi connectivity index (χ2v) is 6.70. The minimum absolute atomic E-state index is 0.0919. The summed E-state index contributed by atoms with van der Waals surface area (Å²) in [6.07, 6.45) is 1.78. The third-order valence-electron chi connectivity index (χ3n) is 4.41. The number of rotatable bonds is 6. The van der Waals surface area contributed by atoms with Crippen molar-refractivity contribution in [2.45, 2.75) is 38.2 Å². The monoisotopic (exact) mass is 310 g/mol. The highest BCUT2D eigenvalue weighted by Crippen LogP contribution is 2.34. The molecule has 0 aliphatic carbocycles. The van der Waals surface area contributed by atoms with Crippen molar-refractivity contribution in [1.29, 1.82) is 0 Å². The lowest BCUT2D eigenvalue weighted by molar-refractivity contribution is 0.00747. The van der Waals surface area contributed by atoms with Crippen LogP contribution in [0.25, 0.3) is 0 Å². The van der Waals surface area contributed by atoms with Crippen LogP contribution >= 0.6 is 11.6 Å². The summed E-state index contributed by atoms with van der Waals surface area (Å²) in [7, 11) is 0. The molecular formula is C17H27ClN2O. The Balaban J connectivity index is 2.20. The molecule has 2 N–H and O–H groups in total.